The molecule has 0 atom stereocenters. The lowest BCUT2D eigenvalue weighted by atomic mass is 10.1. The van der Waals surface area contributed by atoms with Gasteiger partial charge >= 0.3 is 0 Å². The Bertz CT molecular complexity index is 962. The Morgan fingerprint density at radius 3 is 2.87 bits per heavy atom. The van der Waals surface area contributed by atoms with Crippen molar-refractivity contribution in [3.63, 3.8) is 0 Å². The van der Waals surface area contributed by atoms with E-state index in [0.29, 0.717) is 22.1 Å². The van der Waals surface area contributed by atoms with Crippen LogP contribution in [0.1, 0.15) is 23.0 Å². The Morgan fingerprint density at radius 1 is 1.43 bits per heavy atom. The Kier molecular flexibility index (Phi) is 4.19. The molecule has 2 heterocycles. The van der Waals surface area contributed by atoms with Crippen LogP contribution in [0.3, 0.4) is 0 Å². The monoisotopic (exact) mass is 347 g/mol. The zero-order chi connectivity index (χ0) is 16.6. The highest BCUT2D eigenvalue weighted by Gasteiger charge is 2.16. The predicted octanol–water partition coefficient (Wildman–Crippen LogP) is 3.69. The molecular weight excluding hydrogens is 334 g/mol. The minimum atomic E-state index is -0.464. The van der Waals surface area contributed by atoms with Crippen LogP contribution in [0, 0.1) is 6.92 Å². The fourth-order valence-corrected chi connectivity index (χ4v) is 3.22. The lowest BCUT2D eigenvalue weighted by Gasteiger charge is -2.11. The van der Waals surface area contributed by atoms with E-state index in [4.69, 9.17) is 11.6 Å². The van der Waals surface area contributed by atoms with E-state index in [1.165, 1.54) is 11.3 Å². The fourth-order valence-electron chi connectivity index (χ4n) is 2.37. The van der Waals surface area contributed by atoms with Gasteiger partial charge in [-0.25, -0.2) is 4.98 Å². The highest BCUT2D eigenvalue weighted by Crippen LogP contribution is 2.19. The van der Waals surface area contributed by atoms with Crippen molar-refractivity contribution in [3.8, 4) is 0 Å². The third-order valence-corrected chi connectivity index (χ3v) is 4.58. The molecule has 5 nitrogen and oxygen atoms in total. The molecule has 7 heteroatoms. The van der Waals surface area contributed by atoms with E-state index in [1.807, 2.05) is 23.8 Å². The summed E-state index contributed by atoms with van der Waals surface area (Å²) in [5.74, 6) is -0.464. The Balaban J connectivity index is 2.11. The number of nitrogens with one attached hydrogen (secondary N) is 1. The lowest BCUT2D eigenvalue weighted by molar-refractivity contribution is 0.102. The summed E-state index contributed by atoms with van der Waals surface area (Å²) in [7, 11) is 0. The molecule has 118 valence electrons. The Hall–Kier alpha value is -2.18. The topological polar surface area (TPSA) is 64.0 Å². The van der Waals surface area contributed by atoms with Gasteiger partial charge in [-0.05, 0) is 32.0 Å². The lowest BCUT2D eigenvalue weighted by Crippen LogP contribution is -2.23. The molecule has 0 aliphatic rings. The number of fused-ring (bicyclic) bond motifs is 1. The van der Waals surface area contributed by atoms with Crippen molar-refractivity contribution in [2.75, 3.05) is 5.32 Å². The zero-order valence-electron chi connectivity index (χ0n) is 12.6. The molecule has 0 saturated heterocycles. The molecular formula is C16H14ClN3O2S. The number of carbonyl (C=O) groups excluding carboxylic acids is 1. The van der Waals surface area contributed by atoms with Crippen molar-refractivity contribution in [1.82, 2.24) is 9.55 Å². The third-order valence-electron chi connectivity index (χ3n) is 3.47. The summed E-state index contributed by atoms with van der Waals surface area (Å²) in [6.45, 7) is 4.42. The molecule has 0 spiro atoms. The Morgan fingerprint density at radius 2 is 2.22 bits per heavy atom. The normalized spacial score (nSPS) is 10.9. The second-order valence-corrected chi connectivity index (χ2v) is 6.36. The first-order valence-electron chi connectivity index (χ1n) is 7.05. The van der Waals surface area contributed by atoms with Gasteiger partial charge in [-0.3, -0.25) is 14.9 Å². The average Bonchev–Trinajstić information content (AvgIpc) is 2.93. The largest absolute Gasteiger partial charge is 0.347 e. The number of halogens is 1. The first-order chi connectivity index (χ1) is 11.0. The summed E-state index contributed by atoms with van der Waals surface area (Å²) in [4.78, 5) is 29.3. The predicted molar refractivity (Wildman–Crippen MR) is 93.7 cm³/mol. The SMILES string of the molecule is CCn1cc(C(=O)Nc2nc(C)cs2)c(=O)c2cc(Cl)ccc21. The summed E-state index contributed by atoms with van der Waals surface area (Å²) in [6, 6.07) is 5.11. The van der Waals surface area contributed by atoms with Crippen LogP contribution in [-0.4, -0.2) is 15.5 Å². The summed E-state index contributed by atoms with van der Waals surface area (Å²) in [5.41, 5.74) is 1.32. The molecule has 0 fully saturated rings. The van der Waals surface area contributed by atoms with Gasteiger partial charge in [0.1, 0.15) is 5.56 Å². The average molecular weight is 348 g/mol. The maximum absolute atomic E-state index is 12.6. The minimum Gasteiger partial charge on any atom is -0.347 e. The number of carbonyl (C=O) groups is 1. The van der Waals surface area contributed by atoms with Gasteiger partial charge in [-0.15, -0.1) is 11.3 Å². The van der Waals surface area contributed by atoms with Gasteiger partial charge in [0.25, 0.3) is 5.91 Å². The molecule has 0 unspecified atom stereocenters. The van der Waals surface area contributed by atoms with Crippen LogP contribution in [-0.2, 0) is 6.54 Å². The van der Waals surface area contributed by atoms with E-state index >= 15 is 0 Å². The van der Waals surface area contributed by atoms with Crippen molar-refractivity contribution in [1.29, 1.82) is 0 Å². The highest BCUT2D eigenvalue weighted by molar-refractivity contribution is 7.13. The van der Waals surface area contributed by atoms with Crippen LogP contribution >= 0.6 is 22.9 Å². The Labute approximate surface area is 141 Å². The van der Waals surface area contributed by atoms with Gasteiger partial charge < -0.3 is 4.57 Å². The summed E-state index contributed by atoms with van der Waals surface area (Å²) < 4.78 is 1.86. The van der Waals surface area contributed by atoms with Gasteiger partial charge in [0.05, 0.1) is 11.2 Å². The van der Waals surface area contributed by atoms with Gasteiger partial charge in [-0.2, -0.15) is 0 Å². The number of amides is 1. The van der Waals surface area contributed by atoms with Crippen LogP contribution < -0.4 is 10.7 Å². The van der Waals surface area contributed by atoms with E-state index < -0.39 is 5.91 Å². The number of nitrogens with zero attached hydrogens (tertiary/aromatic N) is 2. The molecule has 0 radical (unpaired) electrons. The second kappa shape index (κ2) is 6.14. The standard InChI is InChI=1S/C16H14ClN3O2S/c1-3-20-7-12(15(22)19-16-18-9(2)8-23-16)14(21)11-6-10(17)4-5-13(11)20/h4-8H,3H2,1-2H3,(H,18,19,22). The molecule has 1 amide bonds. The smallest absolute Gasteiger partial charge is 0.262 e. The zero-order valence-corrected chi connectivity index (χ0v) is 14.2. The van der Waals surface area contributed by atoms with Gasteiger partial charge in [0.15, 0.2) is 5.13 Å². The molecule has 0 aliphatic heterocycles. The summed E-state index contributed by atoms with van der Waals surface area (Å²) >= 11 is 7.32. The molecule has 2 aromatic heterocycles. The van der Waals surface area contributed by atoms with Crippen LogP contribution in [0.25, 0.3) is 10.9 Å². The number of anilines is 1. The fraction of sp³-hybridized carbons (Fsp3) is 0.188. The summed E-state index contributed by atoms with van der Waals surface area (Å²) in [6.07, 6.45) is 1.58. The molecule has 0 aliphatic carbocycles. The first kappa shape index (κ1) is 15.7. The van der Waals surface area contributed by atoms with Crippen molar-refractivity contribution in [3.05, 3.63) is 56.3 Å². The number of benzene rings is 1. The molecule has 1 aromatic carbocycles. The van der Waals surface area contributed by atoms with Crippen LogP contribution in [0.5, 0.6) is 0 Å². The molecule has 23 heavy (non-hydrogen) atoms. The number of rotatable bonds is 3. The second-order valence-electron chi connectivity index (χ2n) is 5.07. The molecule has 0 bridgehead atoms. The van der Waals surface area contributed by atoms with Gasteiger partial charge in [0, 0.05) is 28.5 Å². The number of thiazole rings is 1. The van der Waals surface area contributed by atoms with Gasteiger partial charge in [0.2, 0.25) is 5.43 Å². The van der Waals surface area contributed by atoms with Gasteiger partial charge in [-0.1, -0.05) is 11.6 Å². The van der Waals surface area contributed by atoms with E-state index in [0.717, 1.165) is 11.2 Å². The third kappa shape index (κ3) is 3.00. The number of pyridine rings is 1. The van der Waals surface area contributed by atoms with Crippen LogP contribution in [0.4, 0.5) is 5.13 Å². The maximum Gasteiger partial charge on any atom is 0.262 e. The first-order valence-corrected chi connectivity index (χ1v) is 8.31. The number of hydrogen-bond acceptors (Lipinski definition) is 4. The highest BCUT2D eigenvalue weighted by atomic mass is 35.5. The number of aromatic nitrogens is 2. The maximum atomic E-state index is 12.6. The van der Waals surface area contributed by atoms with E-state index in [9.17, 15) is 9.59 Å². The van der Waals surface area contributed by atoms with E-state index in [-0.39, 0.29) is 11.0 Å². The van der Waals surface area contributed by atoms with Crippen molar-refractivity contribution >= 4 is 44.9 Å². The van der Waals surface area contributed by atoms with E-state index in [2.05, 4.69) is 10.3 Å². The molecule has 3 aromatic rings. The summed E-state index contributed by atoms with van der Waals surface area (Å²) in [5, 5.41) is 5.88. The number of hydrogen-bond donors (Lipinski definition) is 1. The van der Waals surface area contributed by atoms with Crippen LogP contribution in [0.2, 0.25) is 5.02 Å². The molecule has 1 N–H and O–H groups in total. The number of aryl methyl sites for hydroxylation is 2. The van der Waals surface area contributed by atoms with Crippen LogP contribution in [0.15, 0.2) is 34.6 Å². The van der Waals surface area contributed by atoms with E-state index in [1.54, 1.807) is 24.4 Å². The van der Waals surface area contributed by atoms with Crippen molar-refractivity contribution in [2.45, 2.75) is 20.4 Å². The minimum absolute atomic E-state index is 0.0782. The quantitative estimate of drug-likeness (QED) is 0.785. The van der Waals surface area contributed by atoms with Crippen molar-refractivity contribution in [2.24, 2.45) is 0 Å². The molecule has 3 rings (SSSR count). The van der Waals surface area contributed by atoms with Crippen molar-refractivity contribution < 1.29 is 4.79 Å². The molecule has 0 saturated carbocycles.